The van der Waals surface area contributed by atoms with Crippen molar-refractivity contribution >= 4 is 34.2 Å². The molecule has 0 fully saturated rings. The summed E-state index contributed by atoms with van der Waals surface area (Å²) in [6.45, 7) is 1.72. The molecule has 3 rings (SSSR count). The molecule has 0 radical (unpaired) electrons. The van der Waals surface area contributed by atoms with Crippen LogP contribution in [0.25, 0.3) is 5.70 Å². The minimum Gasteiger partial charge on any atom is -0.335 e. The number of carbonyl (C=O) groups is 1. The predicted molar refractivity (Wildman–Crippen MR) is 110 cm³/mol. The number of hydrogen-bond acceptors (Lipinski definition) is 7. The summed E-state index contributed by atoms with van der Waals surface area (Å²) in [5, 5.41) is 14.4. The third-order valence-corrected chi connectivity index (χ3v) is 5.13. The van der Waals surface area contributed by atoms with Crippen LogP contribution in [0, 0.1) is 10.1 Å². The number of nitrogens with two attached hydrogens (primary N) is 1. The summed E-state index contributed by atoms with van der Waals surface area (Å²) in [5.74, 6) is 4.89. The van der Waals surface area contributed by atoms with E-state index in [-0.39, 0.29) is 11.6 Å². The van der Waals surface area contributed by atoms with E-state index >= 15 is 0 Å². The fourth-order valence-corrected chi connectivity index (χ4v) is 3.54. The van der Waals surface area contributed by atoms with Crippen molar-refractivity contribution in [3.63, 3.8) is 0 Å². The normalized spacial score (nSPS) is 17.0. The van der Waals surface area contributed by atoms with Gasteiger partial charge in [-0.3, -0.25) is 20.3 Å². The zero-order chi connectivity index (χ0) is 20.1. The molecule has 1 aliphatic heterocycles. The van der Waals surface area contributed by atoms with Crippen LogP contribution in [0.5, 0.6) is 0 Å². The van der Waals surface area contributed by atoms with Crippen molar-refractivity contribution < 1.29 is 9.72 Å². The van der Waals surface area contributed by atoms with E-state index in [2.05, 4.69) is 15.7 Å². The fraction of sp³-hybridized carbons (Fsp3) is 0.158. The van der Waals surface area contributed by atoms with E-state index in [4.69, 9.17) is 5.84 Å². The second-order valence-electron chi connectivity index (χ2n) is 6.07. The third kappa shape index (κ3) is 4.56. The van der Waals surface area contributed by atoms with Gasteiger partial charge in [0.15, 0.2) is 5.17 Å². The van der Waals surface area contributed by atoms with Crippen LogP contribution in [0.1, 0.15) is 24.1 Å². The van der Waals surface area contributed by atoms with Crippen LogP contribution in [0.2, 0.25) is 0 Å². The lowest BCUT2D eigenvalue weighted by Gasteiger charge is -2.23. The highest BCUT2D eigenvalue weighted by atomic mass is 32.2. The SMILES string of the molecule is CC(SC1=NC(c2cccc([N+](=O)[O-])c2)C=C(c2ccccc2)N1)C(=O)NN. The van der Waals surface area contributed by atoms with E-state index in [1.165, 1.54) is 23.9 Å². The fourth-order valence-electron chi connectivity index (χ4n) is 2.69. The Hall–Kier alpha value is -3.17. The predicted octanol–water partition coefficient (Wildman–Crippen LogP) is 2.75. The van der Waals surface area contributed by atoms with Gasteiger partial charge in [-0.1, -0.05) is 54.2 Å². The number of non-ortho nitro benzene ring substituents is 1. The monoisotopic (exact) mass is 397 g/mol. The molecule has 9 heteroatoms. The van der Waals surface area contributed by atoms with Gasteiger partial charge in [0.05, 0.1) is 16.2 Å². The molecule has 0 aromatic heterocycles. The molecule has 1 amide bonds. The molecule has 0 saturated carbocycles. The minimum absolute atomic E-state index is 0.00553. The summed E-state index contributed by atoms with van der Waals surface area (Å²) in [7, 11) is 0. The van der Waals surface area contributed by atoms with E-state index in [1.54, 1.807) is 19.1 Å². The van der Waals surface area contributed by atoms with Gasteiger partial charge in [-0.2, -0.15) is 0 Å². The third-order valence-electron chi connectivity index (χ3n) is 4.13. The zero-order valence-corrected chi connectivity index (χ0v) is 15.8. The number of nitrogens with one attached hydrogen (secondary N) is 2. The van der Waals surface area contributed by atoms with Gasteiger partial charge in [-0.15, -0.1) is 0 Å². The maximum absolute atomic E-state index is 11.8. The van der Waals surface area contributed by atoms with E-state index in [1.807, 2.05) is 36.4 Å². The molecule has 0 aliphatic carbocycles. The number of thioether (sulfide) groups is 1. The van der Waals surface area contributed by atoms with Gasteiger partial charge in [-0.25, -0.2) is 10.8 Å². The molecule has 2 unspecified atom stereocenters. The van der Waals surface area contributed by atoms with Crippen LogP contribution in [0.4, 0.5) is 5.69 Å². The first-order chi connectivity index (χ1) is 13.5. The molecule has 2 aromatic carbocycles. The molecule has 2 atom stereocenters. The minimum atomic E-state index is -0.461. The van der Waals surface area contributed by atoms with E-state index < -0.39 is 16.2 Å². The summed E-state index contributed by atoms with van der Waals surface area (Å²) < 4.78 is 0. The van der Waals surface area contributed by atoms with Gasteiger partial charge in [0, 0.05) is 17.8 Å². The molecule has 28 heavy (non-hydrogen) atoms. The molecule has 8 nitrogen and oxygen atoms in total. The second-order valence-corrected chi connectivity index (χ2v) is 7.40. The van der Waals surface area contributed by atoms with Crippen LogP contribution in [-0.2, 0) is 4.79 Å². The lowest BCUT2D eigenvalue weighted by atomic mass is 10.0. The first-order valence-corrected chi connectivity index (χ1v) is 9.39. The van der Waals surface area contributed by atoms with Crippen molar-refractivity contribution in [2.24, 2.45) is 10.8 Å². The van der Waals surface area contributed by atoms with Crippen LogP contribution in [-0.4, -0.2) is 21.2 Å². The molecule has 2 aromatic rings. The lowest BCUT2D eigenvalue weighted by molar-refractivity contribution is -0.384. The second kappa shape index (κ2) is 8.68. The highest BCUT2D eigenvalue weighted by molar-refractivity contribution is 8.14. The molecule has 0 spiro atoms. The topological polar surface area (TPSA) is 123 Å². The average molecular weight is 397 g/mol. The molecular formula is C19H19N5O3S. The highest BCUT2D eigenvalue weighted by Crippen LogP contribution is 2.31. The Balaban J connectivity index is 1.97. The smallest absolute Gasteiger partial charge is 0.269 e. The molecule has 0 saturated heterocycles. The quantitative estimate of drug-likeness (QED) is 0.309. The Labute approximate surface area is 166 Å². The number of benzene rings is 2. The van der Waals surface area contributed by atoms with Crippen molar-refractivity contribution in [2.75, 3.05) is 0 Å². The van der Waals surface area contributed by atoms with Gasteiger partial charge in [0.2, 0.25) is 5.91 Å². The first kappa shape index (κ1) is 19.6. The Morgan fingerprint density at radius 1 is 1.29 bits per heavy atom. The van der Waals surface area contributed by atoms with Gasteiger partial charge >= 0.3 is 0 Å². The first-order valence-electron chi connectivity index (χ1n) is 8.51. The van der Waals surface area contributed by atoms with E-state index in [9.17, 15) is 14.9 Å². The summed E-state index contributed by atoms with van der Waals surface area (Å²) in [5.41, 5.74) is 4.59. The largest absolute Gasteiger partial charge is 0.335 e. The number of amidine groups is 1. The molecule has 4 N–H and O–H groups in total. The lowest BCUT2D eigenvalue weighted by Crippen LogP contribution is -2.38. The molecular weight excluding hydrogens is 378 g/mol. The number of amides is 1. The van der Waals surface area contributed by atoms with E-state index in [0.29, 0.717) is 10.7 Å². The van der Waals surface area contributed by atoms with Crippen LogP contribution >= 0.6 is 11.8 Å². The van der Waals surface area contributed by atoms with Gasteiger partial charge < -0.3 is 5.32 Å². The zero-order valence-electron chi connectivity index (χ0n) is 15.0. The number of nitro benzene ring substituents is 1. The van der Waals surface area contributed by atoms with Gasteiger partial charge in [0.1, 0.15) is 0 Å². The van der Waals surface area contributed by atoms with Gasteiger partial charge in [-0.05, 0) is 24.1 Å². The van der Waals surface area contributed by atoms with Crippen molar-refractivity contribution in [3.8, 4) is 0 Å². The summed E-state index contributed by atoms with van der Waals surface area (Å²) >= 11 is 1.23. The maximum atomic E-state index is 11.8. The summed E-state index contributed by atoms with van der Waals surface area (Å²) in [6.07, 6.45) is 1.91. The number of rotatable bonds is 5. The standard InChI is InChI=1S/C19H19N5O3S/c1-12(18(25)23-20)28-19-21-16(13-6-3-2-4-7-13)11-17(22-19)14-8-5-9-15(10-14)24(26)27/h2-12,17H,20H2,1H3,(H,21,22)(H,23,25). The highest BCUT2D eigenvalue weighted by Gasteiger charge is 2.23. The average Bonchev–Trinajstić information content (AvgIpc) is 2.73. The van der Waals surface area contributed by atoms with Crippen LogP contribution in [0.3, 0.4) is 0 Å². The number of hydrogen-bond donors (Lipinski definition) is 3. The Morgan fingerprint density at radius 2 is 2.04 bits per heavy atom. The number of nitrogens with zero attached hydrogens (tertiary/aromatic N) is 2. The number of carbonyl (C=O) groups excluding carboxylic acids is 1. The van der Waals surface area contributed by atoms with Crippen molar-refractivity contribution in [1.29, 1.82) is 0 Å². The van der Waals surface area contributed by atoms with E-state index in [0.717, 1.165) is 11.3 Å². The Morgan fingerprint density at radius 3 is 2.71 bits per heavy atom. The van der Waals surface area contributed by atoms with Crippen molar-refractivity contribution in [1.82, 2.24) is 10.7 Å². The Bertz CT molecular complexity index is 946. The van der Waals surface area contributed by atoms with Crippen molar-refractivity contribution in [3.05, 3.63) is 81.9 Å². The number of aliphatic imine (C=N–C) groups is 1. The molecule has 144 valence electrons. The summed E-state index contributed by atoms with van der Waals surface area (Å²) in [4.78, 5) is 27.1. The summed E-state index contributed by atoms with van der Waals surface area (Å²) in [6, 6.07) is 15.6. The van der Waals surface area contributed by atoms with Crippen LogP contribution in [0.15, 0.2) is 65.7 Å². The molecule has 1 heterocycles. The maximum Gasteiger partial charge on any atom is 0.269 e. The van der Waals surface area contributed by atoms with Gasteiger partial charge in [0.25, 0.3) is 5.69 Å². The number of hydrazine groups is 1. The van der Waals surface area contributed by atoms with Crippen molar-refractivity contribution in [2.45, 2.75) is 18.2 Å². The Kier molecular flexibility index (Phi) is 6.07. The molecule has 1 aliphatic rings. The van der Waals surface area contributed by atoms with Crippen LogP contribution < -0.4 is 16.6 Å². The molecule has 0 bridgehead atoms. The number of nitro groups is 1.